The van der Waals surface area contributed by atoms with Gasteiger partial charge in [0.1, 0.15) is 6.23 Å². The number of imidazole rings is 1. The summed E-state index contributed by atoms with van der Waals surface area (Å²) in [6.45, 7) is 4.49. The average Bonchev–Trinajstić information content (AvgIpc) is 2.92. The van der Waals surface area contributed by atoms with Crippen molar-refractivity contribution >= 4 is 0 Å². The highest BCUT2D eigenvalue weighted by Crippen LogP contribution is 2.14. The second kappa shape index (κ2) is 6.53. The van der Waals surface area contributed by atoms with Crippen LogP contribution in [0.3, 0.4) is 0 Å². The molecule has 19 heavy (non-hydrogen) atoms. The number of aromatic nitrogens is 2. The predicted molar refractivity (Wildman–Crippen MR) is 76.8 cm³/mol. The van der Waals surface area contributed by atoms with E-state index < -0.39 is 6.23 Å². The summed E-state index contributed by atoms with van der Waals surface area (Å²) in [5, 5.41) is 10.0. The van der Waals surface area contributed by atoms with E-state index in [-0.39, 0.29) is 0 Å². The van der Waals surface area contributed by atoms with Crippen molar-refractivity contribution in [2.45, 2.75) is 39.3 Å². The van der Waals surface area contributed by atoms with Crippen LogP contribution in [-0.4, -0.2) is 14.7 Å². The lowest BCUT2D eigenvalue weighted by atomic mass is 10.0. The van der Waals surface area contributed by atoms with E-state index in [9.17, 15) is 5.11 Å². The fourth-order valence-electron chi connectivity index (χ4n) is 2.06. The van der Waals surface area contributed by atoms with Crippen molar-refractivity contribution in [2.75, 3.05) is 0 Å². The van der Waals surface area contributed by atoms with Crippen molar-refractivity contribution in [3.05, 3.63) is 54.1 Å². The minimum Gasteiger partial charge on any atom is -0.373 e. The average molecular weight is 258 g/mol. The van der Waals surface area contributed by atoms with Gasteiger partial charge in [-0.25, -0.2) is 4.98 Å². The zero-order chi connectivity index (χ0) is 13.7. The predicted octanol–water partition coefficient (Wildman–Crippen LogP) is 3.21. The summed E-state index contributed by atoms with van der Waals surface area (Å²) in [5.41, 5.74) is 2.52. The molecular formula is C16H22N2O. The Morgan fingerprint density at radius 1 is 1.16 bits per heavy atom. The lowest BCUT2D eigenvalue weighted by Crippen LogP contribution is -2.09. The van der Waals surface area contributed by atoms with E-state index in [2.05, 4.69) is 43.1 Å². The van der Waals surface area contributed by atoms with Gasteiger partial charge in [0, 0.05) is 18.8 Å². The largest absolute Gasteiger partial charge is 0.373 e. The molecule has 3 nitrogen and oxygen atoms in total. The SMILES string of the molecule is CC(C)CCc1ccc(C[C@@H](O)n2ccnc2)cc1. The fourth-order valence-corrected chi connectivity index (χ4v) is 2.06. The van der Waals surface area contributed by atoms with Gasteiger partial charge in [0.2, 0.25) is 0 Å². The van der Waals surface area contributed by atoms with Gasteiger partial charge >= 0.3 is 0 Å². The summed E-state index contributed by atoms with van der Waals surface area (Å²) in [6, 6.07) is 8.54. The topological polar surface area (TPSA) is 38.0 Å². The molecule has 0 amide bonds. The number of nitrogens with zero attached hydrogens (tertiary/aromatic N) is 2. The van der Waals surface area contributed by atoms with Crippen molar-refractivity contribution in [2.24, 2.45) is 5.92 Å². The fraction of sp³-hybridized carbons (Fsp3) is 0.438. The zero-order valence-corrected chi connectivity index (χ0v) is 11.7. The van der Waals surface area contributed by atoms with Gasteiger partial charge in [-0.15, -0.1) is 0 Å². The van der Waals surface area contributed by atoms with Crippen LogP contribution in [0.5, 0.6) is 0 Å². The van der Waals surface area contributed by atoms with E-state index >= 15 is 0 Å². The summed E-state index contributed by atoms with van der Waals surface area (Å²) in [5.74, 6) is 0.739. The highest BCUT2D eigenvalue weighted by atomic mass is 16.3. The lowest BCUT2D eigenvalue weighted by Gasteiger charge is -2.12. The molecule has 0 aliphatic carbocycles. The summed E-state index contributed by atoms with van der Waals surface area (Å²) >= 11 is 0. The van der Waals surface area contributed by atoms with Crippen molar-refractivity contribution < 1.29 is 5.11 Å². The van der Waals surface area contributed by atoms with Gasteiger partial charge in [0.25, 0.3) is 0 Å². The molecule has 0 radical (unpaired) electrons. The molecule has 0 unspecified atom stereocenters. The van der Waals surface area contributed by atoms with E-state index in [1.807, 2.05) is 0 Å². The van der Waals surface area contributed by atoms with Crippen LogP contribution in [0.4, 0.5) is 0 Å². The highest BCUT2D eigenvalue weighted by molar-refractivity contribution is 5.23. The van der Waals surface area contributed by atoms with Gasteiger partial charge in [-0.2, -0.15) is 0 Å². The summed E-state index contributed by atoms with van der Waals surface area (Å²) in [4.78, 5) is 3.94. The van der Waals surface area contributed by atoms with Gasteiger partial charge < -0.3 is 9.67 Å². The summed E-state index contributed by atoms with van der Waals surface area (Å²) < 4.78 is 1.71. The Morgan fingerprint density at radius 3 is 2.42 bits per heavy atom. The molecule has 0 fully saturated rings. The van der Waals surface area contributed by atoms with Crippen LogP contribution in [0.25, 0.3) is 0 Å². The second-order valence-corrected chi connectivity index (χ2v) is 5.44. The molecule has 1 aromatic heterocycles. The number of rotatable bonds is 6. The minimum absolute atomic E-state index is 0.538. The molecule has 1 aromatic carbocycles. The van der Waals surface area contributed by atoms with Crippen LogP contribution in [0.1, 0.15) is 37.6 Å². The molecular weight excluding hydrogens is 236 g/mol. The molecule has 0 aliphatic rings. The number of hydrogen-bond acceptors (Lipinski definition) is 2. The van der Waals surface area contributed by atoms with Crippen LogP contribution in [0.15, 0.2) is 43.0 Å². The third kappa shape index (κ3) is 4.21. The van der Waals surface area contributed by atoms with Crippen LogP contribution >= 0.6 is 0 Å². The van der Waals surface area contributed by atoms with Crippen LogP contribution in [-0.2, 0) is 12.8 Å². The number of hydrogen-bond donors (Lipinski definition) is 1. The zero-order valence-electron chi connectivity index (χ0n) is 11.7. The third-order valence-corrected chi connectivity index (χ3v) is 3.32. The Balaban J connectivity index is 1.91. The van der Waals surface area contributed by atoms with Gasteiger partial charge in [-0.05, 0) is 29.9 Å². The maximum atomic E-state index is 10.0. The van der Waals surface area contributed by atoms with Gasteiger partial charge in [0.05, 0.1) is 6.33 Å². The van der Waals surface area contributed by atoms with Crippen molar-refractivity contribution in [3.63, 3.8) is 0 Å². The van der Waals surface area contributed by atoms with Crippen molar-refractivity contribution in [3.8, 4) is 0 Å². The Morgan fingerprint density at radius 2 is 1.84 bits per heavy atom. The molecule has 3 heteroatoms. The molecule has 0 saturated heterocycles. The molecule has 1 atom stereocenters. The van der Waals surface area contributed by atoms with E-state index in [0.717, 1.165) is 17.9 Å². The van der Waals surface area contributed by atoms with E-state index in [1.165, 1.54) is 12.0 Å². The van der Waals surface area contributed by atoms with Gasteiger partial charge in [-0.3, -0.25) is 0 Å². The van der Waals surface area contributed by atoms with E-state index in [1.54, 1.807) is 23.3 Å². The first-order chi connectivity index (χ1) is 9.15. The quantitative estimate of drug-likeness (QED) is 0.864. The number of benzene rings is 1. The molecule has 2 rings (SSSR count). The third-order valence-electron chi connectivity index (χ3n) is 3.32. The molecule has 102 valence electrons. The summed E-state index contributed by atoms with van der Waals surface area (Å²) in [6.07, 6.45) is 7.52. The Hall–Kier alpha value is -1.61. The molecule has 1 N–H and O–H groups in total. The molecule has 0 bridgehead atoms. The normalized spacial score (nSPS) is 12.8. The molecule has 1 heterocycles. The molecule has 2 aromatic rings. The molecule has 0 saturated carbocycles. The Kier molecular flexibility index (Phi) is 4.74. The Labute approximate surface area is 114 Å². The maximum Gasteiger partial charge on any atom is 0.135 e. The van der Waals surface area contributed by atoms with Gasteiger partial charge in [-0.1, -0.05) is 38.1 Å². The lowest BCUT2D eigenvalue weighted by molar-refractivity contribution is 0.104. The van der Waals surface area contributed by atoms with Crippen molar-refractivity contribution in [1.82, 2.24) is 9.55 Å². The Bertz CT molecular complexity index is 474. The maximum absolute atomic E-state index is 10.0. The molecule has 0 spiro atoms. The van der Waals surface area contributed by atoms with Crippen LogP contribution in [0, 0.1) is 5.92 Å². The van der Waals surface area contributed by atoms with Crippen LogP contribution < -0.4 is 0 Å². The first kappa shape index (κ1) is 13.8. The monoisotopic (exact) mass is 258 g/mol. The number of aliphatic hydroxyl groups is 1. The van der Waals surface area contributed by atoms with Gasteiger partial charge in [0.15, 0.2) is 0 Å². The number of aryl methyl sites for hydroxylation is 1. The smallest absolute Gasteiger partial charge is 0.135 e. The standard InChI is InChI=1S/C16H22N2O/c1-13(2)3-4-14-5-7-15(8-6-14)11-16(19)18-10-9-17-12-18/h5-10,12-13,16,19H,3-4,11H2,1-2H3/t16-/m1/s1. The van der Waals surface area contributed by atoms with E-state index in [0.29, 0.717) is 6.42 Å². The second-order valence-electron chi connectivity index (χ2n) is 5.44. The highest BCUT2D eigenvalue weighted by Gasteiger charge is 2.06. The first-order valence-corrected chi connectivity index (χ1v) is 6.88. The van der Waals surface area contributed by atoms with E-state index in [4.69, 9.17) is 0 Å². The van der Waals surface area contributed by atoms with Crippen molar-refractivity contribution in [1.29, 1.82) is 0 Å². The van der Waals surface area contributed by atoms with Crippen LogP contribution in [0.2, 0.25) is 0 Å². The minimum atomic E-state index is -0.538. The molecule has 0 aliphatic heterocycles. The first-order valence-electron chi connectivity index (χ1n) is 6.88. The number of aliphatic hydroxyl groups excluding tert-OH is 1. The summed E-state index contributed by atoms with van der Waals surface area (Å²) in [7, 11) is 0.